The minimum absolute atomic E-state index is 0.00772. The van der Waals surface area contributed by atoms with E-state index in [-0.39, 0.29) is 12.1 Å². The Morgan fingerprint density at radius 1 is 1.14 bits per heavy atom. The van der Waals surface area contributed by atoms with Gasteiger partial charge >= 0.3 is 6.03 Å². The van der Waals surface area contributed by atoms with E-state index in [4.69, 9.17) is 16.3 Å². The van der Waals surface area contributed by atoms with Crippen LogP contribution < -0.4 is 10.1 Å². The van der Waals surface area contributed by atoms with E-state index in [0.717, 1.165) is 48.4 Å². The van der Waals surface area contributed by atoms with Gasteiger partial charge in [-0.05, 0) is 35.7 Å². The molecule has 1 aliphatic rings. The molecule has 0 aliphatic carbocycles. The van der Waals surface area contributed by atoms with Crippen LogP contribution in [0.5, 0.6) is 5.75 Å². The van der Waals surface area contributed by atoms with Gasteiger partial charge in [-0.1, -0.05) is 37.6 Å². The molecule has 1 fully saturated rings. The lowest BCUT2D eigenvalue weighted by molar-refractivity contribution is 0.132. The van der Waals surface area contributed by atoms with Crippen molar-refractivity contribution < 1.29 is 9.53 Å². The smallest absolute Gasteiger partial charge is 0.317 e. The number of nitrogens with zero attached hydrogens (tertiary/aromatic N) is 2. The minimum Gasteiger partial charge on any atom is -0.497 e. The average molecular weight is 422 g/mol. The number of benzene rings is 1. The zero-order chi connectivity index (χ0) is 20.1. The van der Waals surface area contributed by atoms with Crippen LogP contribution in [-0.2, 0) is 6.54 Å². The van der Waals surface area contributed by atoms with E-state index in [9.17, 15) is 4.79 Å². The lowest BCUT2D eigenvalue weighted by Gasteiger charge is -2.36. The molecule has 2 aromatic rings. The van der Waals surface area contributed by atoms with Gasteiger partial charge in [-0.3, -0.25) is 4.90 Å². The van der Waals surface area contributed by atoms with Crippen molar-refractivity contribution in [3.63, 3.8) is 0 Å². The van der Waals surface area contributed by atoms with Gasteiger partial charge in [-0.25, -0.2) is 4.79 Å². The Hall–Kier alpha value is -1.76. The van der Waals surface area contributed by atoms with Crippen molar-refractivity contribution in [3.8, 4) is 5.75 Å². The third kappa shape index (κ3) is 5.40. The molecule has 1 aliphatic heterocycles. The summed E-state index contributed by atoms with van der Waals surface area (Å²) in [6.07, 6.45) is 0. The Morgan fingerprint density at radius 3 is 2.36 bits per heavy atom. The fraction of sp³-hybridized carbons (Fsp3) is 0.476. The highest BCUT2D eigenvalue weighted by molar-refractivity contribution is 7.16. The van der Waals surface area contributed by atoms with Crippen LogP contribution in [-0.4, -0.2) is 49.1 Å². The first-order chi connectivity index (χ1) is 13.5. The number of carbonyl (C=O) groups excluding carboxylic acids is 1. The lowest BCUT2D eigenvalue weighted by atomic mass is 9.96. The van der Waals surface area contributed by atoms with Gasteiger partial charge in [0, 0.05) is 37.6 Å². The van der Waals surface area contributed by atoms with Crippen molar-refractivity contribution in [1.29, 1.82) is 0 Å². The minimum atomic E-state index is -0.0234. The third-order valence-corrected chi connectivity index (χ3v) is 6.30. The largest absolute Gasteiger partial charge is 0.497 e. The number of amides is 2. The number of nitrogens with one attached hydrogen (secondary N) is 1. The first kappa shape index (κ1) is 21.0. The van der Waals surface area contributed by atoms with Crippen LogP contribution in [0.2, 0.25) is 4.34 Å². The number of urea groups is 1. The molecule has 1 unspecified atom stereocenters. The van der Waals surface area contributed by atoms with Crippen LogP contribution in [0, 0.1) is 5.92 Å². The molecule has 2 amide bonds. The monoisotopic (exact) mass is 421 g/mol. The molecule has 1 atom stereocenters. The predicted octanol–water partition coefficient (Wildman–Crippen LogP) is 4.63. The molecule has 1 N–H and O–H groups in total. The van der Waals surface area contributed by atoms with E-state index in [1.54, 1.807) is 18.4 Å². The standard InChI is InChI=1S/C21H28ClN3O2S/c1-15(2)20(16-4-6-17(27-3)7-5-16)23-21(26)25-12-10-24(11-13-25)14-18-8-9-19(22)28-18/h4-9,15,20H,10-14H2,1-3H3,(H,23,26). The number of rotatable bonds is 6. The molecule has 0 saturated carbocycles. The molecule has 0 spiro atoms. The molecule has 0 radical (unpaired) electrons. The zero-order valence-corrected chi connectivity index (χ0v) is 18.2. The SMILES string of the molecule is COc1ccc(C(NC(=O)N2CCN(Cc3ccc(Cl)s3)CC2)C(C)C)cc1. The number of hydrogen-bond donors (Lipinski definition) is 1. The summed E-state index contributed by atoms with van der Waals surface area (Å²) < 4.78 is 6.06. The van der Waals surface area contributed by atoms with E-state index in [1.165, 1.54) is 4.88 Å². The Bertz CT molecular complexity index is 770. The van der Waals surface area contributed by atoms with E-state index in [2.05, 4.69) is 30.1 Å². The molecule has 3 rings (SSSR count). The average Bonchev–Trinajstić information content (AvgIpc) is 3.11. The highest BCUT2D eigenvalue weighted by atomic mass is 35.5. The fourth-order valence-corrected chi connectivity index (χ4v) is 4.57. The molecule has 0 bridgehead atoms. The summed E-state index contributed by atoms with van der Waals surface area (Å²) in [5, 5.41) is 3.22. The summed E-state index contributed by atoms with van der Waals surface area (Å²) >= 11 is 7.64. The van der Waals surface area contributed by atoms with Crippen molar-refractivity contribution in [2.24, 2.45) is 5.92 Å². The summed E-state index contributed by atoms with van der Waals surface area (Å²) in [7, 11) is 1.66. The maximum absolute atomic E-state index is 12.8. The second kappa shape index (κ2) is 9.63. The van der Waals surface area contributed by atoms with Crippen LogP contribution in [0.1, 0.15) is 30.3 Å². The first-order valence-electron chi connectivity index (χ1n) is 9.62. The summed E-state index contributed by atoms with van der Waals surface area (Å²) in [6.45, 7) is 8.36. The van der Waals surface area contributed by atoms with Gasteiger partial charge in [0.05, 0.1) is 17.5 Å². The van der Waals surface area contributed by atoms with Gasteiger partial charge < -0.3 is 15.0 Å². The van der Waals surface area contributed by atoms with Crippen LogP contribution >= 0.6 is 22.9 Å². The van der Waals surface area contributed by atoms with Crippen LogP contribution in [0.25, 0.3) is 0 Å². The van der Waals surface area contributed by atoms with Gasteiger partial charge in [0.25, 0.3) is 0 Å². The van der Waals surface area contributed by atoms with Crippen molar-refractivity contribution in [2.75, 3.05) is 33.3 Å². The number of hydrogen-bond acceptors (Lipinski definition) is 4. The summed E-state index contributed by atoms with van der Waals surface area (Å²) in [6, 6.07) is 11.9. The molecular formula is C21H28ClN3O2S. The molecule has 5 nitrogen and oxygen atoms in total. The normalized spacial score (nSPS) is 16.2. The predicted molar refractivity (Wildman–Crippen MR) is 115 cm³/mol. The second-order valence-electron chi connectivity index (χ2n) is 7.41. The maximum atomic E-state index is 12.8. The van der Waals surface area contributed by atoms with Crippen molar-refractivity contribution >= 4 is 29.0 Å². The Labute approximate surface area is 176 Å². The molecule has 152 valence electrons. The van der Waals surface area contributed by atoms with E-state index < -0.39 is 0 Å². The van der Waals surface area contributed by atoms with E-state index in [1.807, 2.05) is 35.2 Å². The lowest BCUT2D eigenvalue weighted by Crippen LogP contribution is -2.52. The fourth-order valence-electron chi connectivity index (χ4n) is 3.44. The Kier molecular flexibility index (Phi) is 7.21. The van der Waals surface area contributed by atoms with Gasteiger partial charge in [-0.2, -0.15) is 0 Å². The number of halogens is 1. The molecule has 7 heteroatoms. The number of carbonyl (C=O) groups is 1. The Morgan fingerprint density at radius 2 is 1.82 bits per heavy atom. The second-order valence-corrected chi connectivity index (χ2v) is 9.21. The molecule has 1 aromatic heterocycles. The number of thiophene rings is 1. The first-order valence-corrected chi connectivity index (χ1v) is 10.8. The summed E-state index contributed by atoms with van der Waals surface area (Å²) in [4.78, 5) is 18.4. The molecular weight excluding hydrogens is 394 g/mol. The van der Waals surface area contributed by atoms with Crippen LogP contribution in [0.4, 0.5) is 4.79 Å². The highest BCUT2D eigenvalue weighted by Crippen LogP contribution is 2.25. The van der Waals surface area contributed by atoms with Gasteiger partial charge in [0.15, 0.2) is 0 Å². The molecule has 2 heterocycles. The molecule has 28 heavy (non-hydrogen) atoms. The van der Waals surface area contributed by atoms with E-state index in [0.29, 0.717) is 5.92 Å². The topological polar surface area (TPSA) is 44.8 Å². The number of methoxy groups -OCH3 is 1. The zero-order valence-electron chi connectivity index (χ0n) is 16.7. The van der Waals surface area contributed by atoms with E-state index >= 15 is 0 Å². The number of ether oxygens (including phenoxy) is 1. The van der Waals surface area contributed by atoms with Crippen LogP contribution in [0.3, 0.4) is 0 Å². The summed E-state index contributed by atoms with van der Waals surface area (Å²) in [5.74, 6) is 1.11. The third-order valence-electron chi connectivity index (χ3n) is 5.09. The van der Waals surface area contributed by atoms with Crippen molar-refractivity contribution in [2.45, 2.75) is 26.4 Å². The maximum Gasteiger partial charge on any atom is 0.317 e. The Balaban J connectivity index is 1.54. The van der Waals surface area contributed by atoms with Gasteiger partial charge in [0.2, 0.25) is 0 Å². The van der Waals surface area contributed by atoms with Crippen molar-refractivity contribution in [1.82, 2.24) is 15.1 Å². The van der Waals surface area contributed by atoms with Crippen LogP contribution in [0.15, 0.2) is 36.4 Å². The van der Waals surface area contributed by atoms with Gasteiger partial charge in [-0.15, -0.1) is 11.3 Å². The number of piperazine rings is 1. The molecule has 1 saturated heterocycles. The quantitative estimate of drug-likeness (QED) is 0.739. The highest BCUT2D eigenvalue weighted by Gasteiger charge is 2.25. The molecule has 1 aromatic carbocycles. The van der Waals surface area contributed by atoms with Crippen molar-refractivity contribution in [3.05, 3.63) is 51.2 Å². The van der Waals surface area contributed by atoms with Gasteiger partial charge in [0.1, 0.15) is 5.75 Å². The summed E-state index contributed by atoms with van der Waals surface area (Å²) in [5.41, 5.74) is 1.09.